The van der Waals surface area contributed by atoms with Gasteiger partial charge in [-0.1, -0.05) is 44.2 Å². The quantitative estimate of drug-likeness (QED) is 0.610. The van der Waals surface area contributed by atoms with Crippen LogP contribution in [0.15, 0.2) is 66.0 Å². The SMILES string of the molecule is CC(C)c1ccc([C@@H]2C3=C(CCCC3=O)Nc3c2ccc2ncccc32)cc1. The van der Waals surface area contributed by atoms with Gasteiger partial charge in [0.05, 0.1) is 11.2 Å². The molecule has 0 saturated carbocycles. The first kappa shape index (κ1) is 17.2. The van der Waals surface area contributed by atoms with E-state index >= 15 is 0 Å². The van der Waals surface area contributed by atoms with Crippen molar-refractivity contribution in [3.63, 3.8) is 0 Å². The van der Waals surface area contributed by atoms with Crippen LogP contribution in [-0.2, 0) is 4.79 Å². The predicted molar refractivity (Wildman–Crippen MR) is 114 cm³/mol. The zero-order valence-corrected chi connectivity index (χ0v) is 16.3. The van der Waals surface area contributed by atoms with Crippen molar-refractivity contribution in [1.82, 2.24) is 4.98 Å². The van der Waals surface area contributed by atoms with Gasteiger partial charge in [-0.2, -0.15) is 0 Å². The average Bonchev–Trinajstić information content (AvgIpc) is 2.72. The van der Waals surface area contributed by atoms with Gasteiger partial charge < -0.3 is 5.32 Å². The van der Waals surface area contributed by atoms with E-state index in [1.807, 2.05) is 12.3 Å². The fraction of sp³-hybridized carbons (Fsp3) is 0.280. The van der Waals surface area contributed by atoms with Crippen molar-refractivity contribution in [2.24, 2.45) is 0 Å². The van der Waals surface area contributed by atoms with Crippen LogP contribution in [0.3, 0.4) is 0 Å². The number of allylic oxidation sites excluding steroid dienone is 2. The van der Waals surface area contributed by atoms with Crippen molar-refractivity contribution in [3.8, 4) is 0 Å². The number of benzene rings is 2. The molecule has 2 aliphatic rings. The van der Waals surface area contributed by atoms with Crippen LogP contribution in [0.25, 0.3) is 10.9 Å². The van der Waals surface area contributed by atoms with Crippen LogP contribution >= 0.6 is 0 Å². The summed E-state index contributed by atoms with van der Waals surface area (Å²) in [5, 5.41) is 4.74. The number of aromatic nitrogens is 1. The summed E-state index contributed by atoms with van der Waals surface area (Å²) in [5.41, 5.74) is 7.83. The van der Waals surface area contributed by atoms with Crippen molar-refractivity contribution in [2.75, 3.05) is 5.32 Å². The molecule has 1 atom stereocenters. The Hall–Kier alpha value is -2.94. The lowest BCUT2D eigenvalue weighted by molar-refractivity contribution is -0.116. The Morgan fingerprint density at radius 2 is 1.86 bits per heavy atom. The summed E-state index contributed by atoms with van der Waals surface area (Å²) in [5.74, 6) is 0.768. The van der Waals surface area contributed by atoms with Gasteiger partial charge in [-0.05, 0) is 53.6 Å². The number of Topliss-reactive ketones (excluding diaryl/α,β-unsaturated/α-hetero) is 1. The summed E-state index contributed by atoms with van der Waals surface area (Å²) in [6, 6.07) is 17.1. The van der Waals surface area contributed by atoms with Gasteiger partial charge in [0.15, 0.2) is 5.78 Å². The highest BCUT2D eigenvalue weighted by Crippen LogP contribution is 2.47. The van der Waals surface area contributed by atoms with Crippen molar-refractivity contribution in [1.29, 1.82) is 0 Å². The number of pyridine rings is 1. The third kappa shape index (κ3) is 2.65. The molecule has 28 heavy (non-hydrogen) atoms. The van der Waals surface area contributed by atoms with E-state index in [1.54, 1.807) is 0 Å². The smallest absolute Gasteiger partial charge is 0.161 e. The third-order valence-electron chi connectivity index (χ3n) is 6.09. The summed E-state index contributed by atoms with van der Waals surface area (Å²) in [7, 11) is 0. The average molecular weight is 368 g/mol. The van der Waals surface area contributed by atoms with Crippen LogP contribution in [0.5, 0.6) is 0 Å². The summed E-state index contributed by atoms with van der Waals surface area (Å²) in [4.78, 5) is 17.5. The molecule has 0 amide bonds. The number of ketones is 1. The van der Waals surface area contributed by atoms with Gasteiger partial charge in [0, 0.05) is 35.2 Å². The number of fused-ring (bicyclic) bond motifs is 3. The van der Waals surface area contributed by atoms with Gasteiger partial charge in [-0.15, -0.1) is 0 Å². The fourth-order valence-corrected chi connectivity index (χ4v) is 4.60. The van der Waals surface area contributed by atoms with E-state index in [1.165, 1.54) is 16.7 Å². The number of carbonyl (C=O) groups excluding carboxylic acids is 1. The summed E-state index contributed by atoms with van der Waals surface area (Å²) < 4.78 is 0. The molecule has 140 valence electrons. The first-order chi connectivity index (χ1) is 13.6. The number of hydrogen-bond acceptors (Lipinski definition) is 3. The first-order valence-corrected chi connectivity index (χ1v) is 10.1. The Morgan fingerprint density at radius 3 is 2.64 bits per heavy atom. The highest BCUT2D eigenvalue weighted by atomic mass is 16.1. The lowest BCUT2D eigenvalue weighted by atomic mass is 9.75. The molecule has 3 heteroatoms. The molecule has 5 rings (SSSR count). The Morgan fingerprint density at radius 1 is 1.04 bits per heavy atom. The van der Waals surface area contributed by atoms with E-state index in [9.17, 15) is 4.79 Å². The van der Waals surface area contributed by atoms with Crippen LogP contribution in [0.1, 0.15) is 61.6 Å². The van der Waals surface area contributed by atoms with E-state index in [-0.39, 0.29) is 11.7 Å². The number of nitrogens with one attached hydrogen (secondary N) is 1. The van der Waals surface area contributed by atoms with Gasteiger partial charge in [-0.25, -0.2) is 0 Å². The lowest BCUT2D eigenvalue weighted by Crippen LogP contribution is -2.27. The van der Waals surface area contributed by atoms with Gasteiger partial charge in [0.25, 0.3) is 0 Å². The third-order valence-corrected chi connectivity index (χ3v) is 6.09. The highest BCUT2D eigenvalue weighted by Gasteiger charge is 2.35. The second kappa shape index (κ2) is 6.59. The van der Waals surface area contributed by atoms with E-state index < -0.39 is 0 Å². The zero-order chi connectivity index (χ0) is 19.3. The number of anilines is 1. The molecule has 1 aliphatic carbocycles. The lowest BCUT2D eigenvalue weighted by Gasteiger charge is -2.34. The van der Waals surface area contributed by atoms with E-state index in [0.717, 1.165) is 40.7 Å². The summed E-state index contributed by atoms with van der Waals surface area (Å²) in [6.45, 7) is 4.42. The van der Waals surface area contributed by atoms with E-state index in [2.05, 4.69) is 66.6 Å². The molecule has 0 unspecified atom stereocenters. The first-order valence-electron chi connectivity index (χ1n) is 10.1. The van der Waals surface area contributed by atoms with Gasteiger partial charge in [0.2, 0.25) is 0 Å². The molecule has 1 aliphatic heterocycles. The fourth-order valence-electron chi connectivity index (χ4n) is 4.60. The molecule has 3 nitrogen and oxygen atoms in total. The van der Waals surface area contributed by atoms with Crippen LogP contribution in [0.4, 0.5) is 5.69 Å². The molecule has 2 aromatic carbocycles. The maximum Gasteiger partial charge on any atom is 0.161 e. The van der Waals surface area contributed by atoms with Crippen molar-refractivity contribution in [3.05, 3.63) is 82.7 Å². The maximum absolute atomic E-state index is 13.0. The minimum absolute atomic E-state index is 0.00938. The largest absolute Gasteiger partial charge is 0.358 e. The minimum Gasteiger partial charge on any atom is -0.358 e. The van der Waals surface area contributed by atoms with Gasteiger partial charge in [0.1, 0.15) is 0 Å². The molecule has 0 spiro atoms. The minimum atomic E-state index is -0.00938. The second-order valence-corrected chi connectivity index (χ2v) is 8.15. The Kier molecular flexibility index (Phi) is 4.04. The number of hydrogen-bond donors (Lipinski definition) is 1. The van der Waals surface area contributed by atoms with Gasteiger partial charge in [-0.3, -0.25) is 9.78 Å². The maximum atomic E-state index is 13.0. The Balaban J connectivity index is 1.74. The molecule has 0 saturated heterocycles. The van der Waals surface area contributed by atoms with Crippen LogP contribution < -0.4 is 5.32 Å². The highest BCUT2D eigenvalue weighted by molar-refractivity contribution is 6.04. The van der Waals surface area contributed by atoms with Crippen molar-refractivity contribution >= 4 is 22.4 Å². The molecule has 1 aromatic heterocycles. The predicted octanol–water partition coefficient (Wildman–Crippen LogP) is 5.92. The molecule has 0 radical (unpaired) electrons. The normalized spacial score (nSPS) is 18.8. The number of carbonyl (C=O) groups is 1. The van der Waals surface area contributed by atoms with E-state index in [0.29, 0.717) is 12.3 Å². The van der Waals surface area contributed by atoms with Crippen molar-refractivity contribution < 1.29 is 4.79 Å². The van der Waals surface area contributed by atoms with Gasteiger partial charge >= 0.3 is 0 Å². The molecule has 3 aromatic rings. The van der Waals surface area contributed by atoms with Crippen LogP contribution in [0, 0.1) is 0 Å². The summed E-state index contributed by atoms with van der Waals surface area (Å²) >= 11 is 0. The second-order valence-electron chi connectivity index (χ2n) is 8.15. The van der Waals surface area contributed by atoms with E-state index in [4.69, 9.17) is 0 Å². The zero-order valence-electron chi connectivity index (χ0n) is 16.3. The molecule has 2 heterocycles. The number of nitrogens with zero attached hydrogens (tertiary/aromatic N) is 1. The van der Waals surface area contributed by atoms with Crippen LogP contribution in [0.2, 0.25) is 0 Å². The molecule has 0 bridgehead atoms. The van der Waals surface area contributed by atoms with Crippen molar-refractivity contribution in [2.45, 2.75) is 44.9 Å². The molecular formula is C25H24N2O. The summed E-state index contributed by atoms with van der Waals surface area (Å²) in [6.07, 6.45) is 4.32. The monoisotopic (exact) mass is 368 g/mol. The molecule has 0 fully saturated rings. The standard InChI is InChI=1S/C25H24N2O/c1-15(2)16-8-10-17(11-9-16)23-19-12-13-20-18(5-4-14-26-20)25(19)27-21-6-3-7-22(28)24(21)23/h4-5,8-15,23,27H,3,6-7H2,1-2H3/t23-/m0/s1. The molecule has 1 N–H and O–H groups in total. The Labute approximate surface area is 165 Å². The topological polar surface area (TPSA) is 42.0 Å². The molecular weight excluding hydrogens is 344 g/mol. The Bertz CT molecular complexity index is 1110. The number of rotatable bonds is 2. The van der Waals surface area contributed by atoms with Crippen LogP contribution in [-0.4, -0.2) is 10.8 Å².